The lowest BCUT2D eigenvalue weighted by atomic mass is 9.94. The molecule has 0 saturated carbocycles. The second-order valence-corrected chi connectivity index (χ2v) is 5.05. The van der Waals surface area contributed by atoms with Crippen molar-refractivity contribution < 1.29 is 4.39 Å². The lowest BCUT2D eigenvalue weighted by Gasteiger charge is -2.14. The Kier molecular flexibility index (Phi) is 3.50. The van der Waals surface area contributed by atoms with Gasteiger partial charge in [-0.15, -0.1) is 0 Å². The fraction of sp³-hybridized carbons (Fsp3) is 0.538. The van der Waals surface area contributed by atoms with Gasteiger partial charge in [0.2, 0.25) is 0 Å². The summed E-state index contributed by atoms with van der Waals surface area (Å²) in [6, 6.07) is 1.92. The van der Waals surface area contributed by atoms with Crippen LogP contribution in [-0.4, -0.2) is 13.1 Å². The minimum Gasteiger partial charge on any atom is -0.316 e. The highest BCUT2D eigenvalue weighted by molar-refractivity contribution is 6.31. The molecule has 1 aromatic rings. The summed E-state index contributed by atoms with van der Waals surface area (Å²) in [5, 5.41) is 3.87. The van der Waals surface area contributed by atoms with E-state index in [4.69, 9.17) is 11.6 Å². The van der Waals surface area contributed by atoms with Crippen molar-refractivity contribution in [2.75, 3.05) is 13.1 Å². The first kappa shape index (κ1) is 11.9. The number of nitrogens with one attached hydrogen (secondary N) is 1. The molecule has 0 bridgehead atoms. The number of hydrogen-bond acceptors (Lipinski definition) is 1. The SMILES string of the molecule is Cc1c(Cl)cc(CC2CCNC2)c(C)c1F. The molecule has 1 aliphatic heterocycles. The largest absolute Gasteiger partial charge is 0.316 e. The summed E-state index contributed by atoms with van der Waals surface area (Å²) in [6.45, 7) is 5.68. The number of hydrogen-bond donors (Lipinski definition) is 1. The van der Waals surface area contributed by atoms with E-state index in [2.05, 4.69) is 5.32 Å². The number of benzene rings is 1. The van der Waals surface area contributed by atoms with Gasteiger partial charge in [0.05, 0.1) is 0 Å². The molecular formula is C13H17ClFN. The van der Waals surface area contributed by atoms with Crippen LogP contribution in [0.1, 0.15) is 23.1 Å². The summed E-state index contributed by atoms with van der Waals surface area (Å²) in [5.74, 6) is 0.477. The zero-order valence-corrected chi connectivity index (χ0v) is 10.5. The van der Waals surface area contributed by atoms with Crippen molar-refractivity contribution in [1.29, 1.82) is 0 Å². The van der Waals surface area contributed by atoms with Crippen molar-refractivity contribution in [1.82, 2.24) is 5.32 Å². The van der Waals surface area contributed by atoms with Crippen LogP contribution in [-0.2, 0) is 6.42 Å². The normalized spacial score (nSPS) is 20.4. The maximum Gasteiger partial charge on any atom is 0.130 e. The van der Waals surface area contributed by atoms with E-state index in [0.29, 0.717) is 16.5 Å². The van der Waals surface area contributed by atoms with Gasteiger partial charge in [-0.3, -0.25) is 0 Å². The van der Waals surface area contributed by atoms with Crippen LogP contribution in [0.25, 0.3) is 0 Å². The van der Waals surface area contributed by atoms with Crippen LogP contribution in [0, 0.1) is 25.6 Å². The second kappa shape index (κ2) is 4.72. The number of halogens is 2. The van der Waals surface area contributed by atoms with Gasteiger partial charge in [0, 0.05) is 10.6 Å². The monoisotopic (exact) mass is 241 g/mol. The highest BCUT2D eigenvalue weighted by Gasteiger charge is 2.18. The van der Waals surface area contributed by atoms with Gasteiger partial charge >= 0.3 is 0 Å². The maximum atomic E-state index is 13.8. The Morgan fingerprint density at radius 2 is 2.19 bits per heavy atom. The molecular weight excluding hydrogens is 225 g/mol. The molecule has 0 aromatic heterocycles. The number of rotatable bonds is 2. The van der Waals surface area contributed by atoms with Gasteiger partial charge in [0.1, 0.15) is 5.82 Å². The molecule has 2 rings (SSSR count). The van der Waals surface area contributed by atoms with Gasteiger partial charge in [-0.1, -0.05) is 11.6 Å². The molecule has 0 radical (unpaired) electrons. The Morgan fingerprint density at radius 1 is 1.44 bits per heavy atom. The van der Waals surface area contributed by atoms with E-state index in [1.54, 1.807) is 6.92 Å². The van der Waals surface area contributed by atoms with Crippen molar-refractivity contribution in [3.05, 3.63) is 33.6 Å². The van der Waals surface area contributed by atoms with Gasteiger partial charge in [0.25, 0.3) is 0 Å². The summed E-state index contributed by atoms with van der Waals surface area (Å²) >= 11 is 6.02. The molecule has 3 heteroatoms. The fourth-order valence-corrected chi connectivity index (χ4v) is 2.52. The third kappa shape index (κ3) is 2.23. The molecule has 0 aliphatic carbocycles. The molecule has 1 saturated heterocycles. The average Bonchev–Trinajstić information content (AvgIpc) is 2.76. The van der Waals surface area contributed by atoms with Crippen molar-refractivity contribution in [2.45, 2.75) is 26.7 Å². The molecule has 1 fully saturated rings. The van der Waals surface area contributed by atoms with E-state index >= 15 is 0 Å². The lowest BCUT2D eigenvalue weighted by Crippen LogP contribution is -2.12. The van der Waals surface area contributed by atoms with Gasteiger partial charge in [0.15, 0.2) is 0 Å². The van der Waals surface area contributed by atoms with Crippen LogP contribution in [0.2, 0.25) is 5.02 Å². The average molecular weight is 242 g/mol. The van der Waals surface area contributed by atoms with Crippen molar-refractivity contribution in [2.24, 2.45) is 5.92 Å². The smallest absolute Gasteiger partial charge is 0.130 e. The van der Waals surface area contributed by atoms with Crippen LogP contribution < -0.4 is 5.32 Å². The summed E-state index contributed by atoms with van der Waals surface area (Å²) in [4.78, 5) is 0. The Hall–Kier alpha value is -0.600. The Bertz CT molecular complexity index is 397. The Labute approximate surface area is 101 Å². The topological polar surface area (TPSA) is 12.0 Å². The molecule has 88 valence electrons. The summed E-state index contributed by atoms with van der Waals surface area (Å²) in [7, 11) is 0. The first-order valence-electron chi connectivity index (χ1n) is 5.74. The highest BCUT2D eigenvalue weighted by Crippen LogP contribution is 2.27. The first-order chi connectivity index (χ1) is 7.59. The molecule has 1 aliphatic rings. The summed E-state index contributed by atoms with van der Waals surface area (Å²) in [5.41, 5.74) is 2.38. The Morgan fingerprint density at radius 3 is 2.81 bits per heavy atom. The first-order valence-corrected chi connectivity index (χ1v) is 6.12. The molecule has 1 atom stereocenters. The second-order valence-electron chi connectivity index (χ2n) is 4.64. The molecule has 0 amide bonds. The molecule has 1 nitrogen and oxygen atoms in total. The van der Waals surface area contributed by atoms with E-state index in [1.807, 2.05) is 13.0 Å². The predicted octanol–water partition coefficient (Wildman–Crippen LogP) is 3.25. The van der Waals surface area contributed by atoms with Crippen LogP contribution >= 0.6 is 11.6 Å². The molecule has 0 spiro atoms. The molecule has 1 N–H and O–H groups in total. The zero-order valence-electron chi connectivity index (χ0n) is 9.74. The van der Waals surface area contributed by atoms with Crippen molar-refractivity contribution in [3.8, 4) is 0 Å². The third-order valence-corrected chi connectivity index (χ3v) is 3.86. The minimum absolute atomic E-state index is 0.145. The van der Waals surface area contributed by atoms with E-state index < -0.39 is 0 Å². The van der Waals surface area contributed by atoms with Crippen molar-refractivity contribution in [3.63, 3.8) is 0 Å². The lowest BCUT2D eigenvalue weighted by molar-refractivity contribution is 0.566. The van der Waals surface area contributed by atoms with Crippen LogP contribution in [0.5, 0.6) is 0 Å². The molecule has 16 heavy (non-hydrogen) atoms. The third-order valence-electron chi connectivity index (χ3n) is 3.47. The van der Waals surface area contributed by atoms with E-state index in [1.165, 1.54) is 6.42 Å². The van der Waals surface area contributed by atoms with Gasteiger partial charge in [-0.2, -0.15) is 0 Å². The quantitative estimate of drug-likeness (QED) is 0.838. The zero-order chi connectivity index (χ0) is 11.7. The van der Waals surface area contributed by atoms with Gasteiger partial charge < -0.3 is 5.32 Å². The molecule has 1 heterocycles. The van der Waals surface area contributed by atoms with E-state index in [9.17, 15) is 4.39 Å². The minimum atomic E-state index is -0.145. The predicted molar refractivity (Wildman–Crippen MR) is 65.6 cm³/mol. The van der Waals surface area contributed by atoms with Crippen LogP contribution in [0.15, 0.2) is 6.07 Å². The Balaban J connectivity index is 2.26. The highest BCUT2D eigenvalue weighted by atomic mass is 35.5. The van der Waals surface area contributed by atoms with E-state index in [-0.39, 0.29) is 5.82 Å². The van der Waals surface area contributed by atoms with Crippen LogP contribution in [0.3, 0.4) is 0 Å². The van der Waals surface area contributed by atoms with Crippen molar-refractivity contribution >= 4 is 11.6 Å². The summed E-state index contributed by atoms with van der Waals surface area (Å²) < 4.78 is 13.8. The standard InChI is InChI=1S/C13H17ClFN/c1-8-11(5-10-3-4-16-7-10)6-12(14)9(2)13(8)15/h6,10,16H,3-5,7H2,1-2H3. The van der Waals surface area contributed by atoms with Crippen LogP contribution in [0.4, 0.5) is 4.39 Å². The fourth-order valence-electron chi connectivity index (χ4n) is 2.31. The van der Waals surface area contributed by atoms with Gasteiger partial charge in [-0.25, -0.2) is 4.39 Å². The molecule has 1 aromatic carbocycles. The maximum absolute atomic E-state index is 13.8. The van der Waals surface area contributed by atoms with Gasteiger partial charge in [-0.05, 0) is 62.9 Å². The summed E-state index contributed by atoms with van der Waals surface area (Å²) in [6.07, 6.45) is 2.10. The molecule has 1 unspecified atom stereocenters. The van der Waals surface area contributed by atoms with E-state index in [0.717, 1.165) is 30.6 Å².